The molecule has 0 radical (unpaired) electrons. The van der Waals surface area contributed by atoms with Crippen LogP contribution in [0, 0.1) is 0 Å². The van der Waals surface area contributed by atoms with Gasteiger partial charge < -0.3 is 24.4 Å². The van der Waals surface area contributed by atoms with Gasteiger partial charge in [-0.1, -0.05) is 127 Å². The summed E-state index contributed by atoms with van der Waals surface area (Å²) in [6.45, 7) is 3.95. The number of aliphatic hydroxyl groups is 2. The zero-order valence-corrected chi connectivity index (χ0v) is 31.2. The molecule has 0 saturated carbocycles. The van der Waals surface area contributed by atoms with Crippen molar-refractivity contribution in [2.24, 2.45) is 0 Å². The van der Waals surface area contributed by atoms with E-state index in [1.807, 2.05) is 0 Å². The molecule has 0 aromatic heterocycles. The Kier molecular flexibility index (Phi) is 30.1. The smallest absolute Gasteiger partial charge is 0.306 e. The molecule has 0 unspecified atom stereocenters. The third-order valence-electron chi connectivity index (χ3n) is 8.92. The van der Waals surface area contributed by atoms with Crippen LogP contribution in [-0.2, 0) is 23.8 Å². The monoisotopic (exact) mass is 689 g/mol. The highest BCUT2D eigenvalue weighted by Crippen LogP contribution is 2.24. The van der Waals surface area contributed by atoms with Crippen molar-refractivity contribution in [3.05, 3.63) is 48.6 Å². The second-order valence-electron chi connectivity index (χ2n) is 13.5. The summed E-state index contributed by atoms with van der Waals surface area (Å²) in [5.41, 5.74) is 0. The Morgan fingerprint density at radius 2 is 1.06 bits per heavy atom. The lowest BCUT2D eigenvalue weighted by Crippen LogP contribution is -2.45. The topological polar surface area (TPSA) is 102 Å². The molecule has 7 heteroatoms. The molecule has 1 aliphatic heterocycles. The lowest BCUT2D eigenvalue weighted by atomic mass is 10.1. The van der Waals surface area contributed by atoms with Crippen LogP contribution >= 0.6 is 0 Å². The van der Waals surface area contributed by atoms with E-state index in [-0.39, 0.29) is 19.4 Å². The van der Waals surface area contributed by atoms with E-state index in [1.165, 1.54) is 51.4 Å². The van der Waals surface area contributed by atoms with Gasteiger partial charge in [-0.05, 0) is 77.0 Å². The fraction of sp³-hybridized carbons (Fsp3) is 0.762. The number of allylic oxidation sites excluding steroid dienone is 8. The Morgan fingerprint density at radius 3 is 1.53 bits per heavy atom. The lowest BCUT2D eigenvalue weighted by molar-refractivity contribution is -0.171. The van der Waals surface area contributed by atoms with E-state index >= 15 is 0 Å². The Hall–Kier alpha value is -2.22. The largest absolute Gasteiger partial charge is 0.457 e. The number of hydrogen-bond donors (Lipinski definition) is 2. The molecule has 4 atom stereocenters. The minimum Gasteiger partial charge on any atom is -0.457 e. The predicted octanol–water partition coefficient (Wildman–Crippen LogP) is 10.2. The lowest BCUT2D eigenvalue weighted by Gasteiger charge is -2.27. The van der Waals surface area contributed by atoms with Crippen molar-refractivity contribution in [1.29, 1.82) is 0 Å². The summed E-state index contributed by atoms with van der Waals surface area (Å²) in [5, 5.41) is 20.3. The zero-order chi connectivity index (χ0) is 35.6. The molecule has 0 aromatic carbocycles. The van der Waals surface area contributed by atoms with Crippen LogP contribution in [0.4, 0.5) is 0 Å². The number of unbranched alkanes of at least 4 members (excludes halogenated alkanes) is 16. The normalized spacial score (nSPS) is 18.8. The quantitative estimate of drug-likeness (QED) is 0.0412. The Balaban J connectivity index is 2.15. The van der Waals surface area contributed by atoms with Gasteiger partial charge in [0.05, 0.1) is 13.2 Å². The molecule has 0 bridgehead atoms. The van der Waals surface area contributed by atoms with Gasteiger partial charge in [-0.2, -0.15) is 0 Å². The molecule has 1 rings (SSSR count). The second kappa shape index (κ2) is 33.0. The first-order valence-electron chi connectivity index (χ1n) is 19.9. The van der Waals surface area contributed by atoms with Crippen LogP contribution in [-0.4, -0.2) is 59.8 Å². The second-order valence-corrected chi connectivity index (χ2v) is 13.5. The summed E-state index contributed by atoms with van der Waals surface area (Å²) >= 11 is 0. The zero-order valence-electron chi connectivity index (χ0n) is 31.2. The van der Waals surface area contributed by atoms with Crippen molar-refractivity contribution in [3.8, 4) is 0 Å². The van der Waals surface area contributed by atoms with Crippen molar-refractivity contribution < 1.29 is 34.0 Å². The van der Waals surface area contributed by atoms with Gasteiger partial charge >= 0.3 is 11.9 Å². The van der Waals surface area contributed by atoms with Gasteiger partial charge in [-0.15, -0.1) is 0 Å². The summed E-state index contributed by atoms with van der Waals surface area (Å²) < 4.78 is 16.7. The van der Waals surface area contributed by atoms with Gasteiger partial charge in [0, 0.05) is 12.8 Å². The number of esters is 2. The Bertz CT molecular complexity index is 909. The van der Waals surface area contributed by atoms with E-state index in [0.29, 0.717) is 0 Å². The Morgan fingerprint density at radius 1 is 0.633 bits per heavy atom. The van der Waals surface area contributed by atoms with Crippen molar-refractivity contribution in [2.75, 3.05) is 13.2 Å². The van der Waals surface area contributed by atoms with Crippen molar-refractivity contribution in [1.82, 2.24) is 0 Å². The standard InChI is InChI=1S/C42H72O7/c1-3-5-7-9-11-13-15-17-19-21-23-25-27-29-31-33-39(45)48-38(35-43)42-41(37(44)36-47-42)49-40(46)34-32-30-28-26-24-22-20-18-16-14-12-10-8-6-4-2/h11-14,17-20,37-38,41-44H,3-10,15-16,21-36H2,1-2H3/t37-,38+,41+,42+/m0/s1. The van der Waals surface area contributed by atoms with Crippen molar-refractivity contribution in [2.45, 2.75) is 192 Å². The first-order valence-corrected chi connectivity index (χ1v) is 19.9. The van der Waals surface area contributed by atoms with Gasteiger partial charge in [0.2, 0.25) is 0 Å². The van der Waals surface area contributed by atoms with Crippen LogP contribution in [0.3, 0.4) is 0 Å². The van der Waals surface area contributed by atoms with Crippen molar-refractivity contribution in [3.63, 3.8) is 0 Å². The third-order valence-corrected chi connectivity index (χ3v) is 8.92. The molecule has 1 aliphatic rings. The molecule has 49 heavy (non-hydrogen) atoms. The van der Waals surface area contributed by atoms with E-state index < -0.39 is 43.0 Å². The van der Waals surface area contributed by atoms with E-state index in [0.717, 1.165) is 89.9 Å². The van der Waals surface area contributed by atoms with E-state index in [4.69, 9.17) is 14.2 Å². The molecule has 1 saturated heterocycles. The van der Waals surface area contributed by atoms with Gasteiger partial charge in [0.1, 0.15) is 12.2 Å². The number of aliphatic hydroxyl groups excluding tert-OH is 2. The first-order chi connectivity index (χ1) is 24.0. The molecule has 0 aliphatic carbocycles. The number of rotatable bonds is 32. The molecule has 0 spiro atoms. The molecule has 1 fully saturated rings. The van der Waals surface area contributed by atoms with Gasteiger partial charge in [-0.25, -0.2) is 0 Å². The molecular formula is C42H72O7. The van der Waals surface area contributed by atoms with Crippen LogP contribution in [0.25, 0.3) is 0 Å². The molecule has 7 nitrogen and oxygen atoms in total. The van der Waals surface area contributed by atoms with Crippen LogP contribution in [0.2, 0.25) is 0 Å². The summed E-state index contributed by atoms with van der Waals surface area (Å²) in [5.74, 6) is -0.816. The summed E-state index contributed by atoms with van der Waals surface area (Å²) in [6.07, 6.45) is 39.0. The van der Waals surface area contributed by atoms with Crippen LogP contribution in [0.5, 0.6) is 0 Å². The van der Waals surface area contributed by atoms with Crippen LogP contribution in [0.1, 0.15) is 168 Å². The third kappa shape index (κ3) is 25.4. The fourth-order valence-electron chi connectivity index (χ4n) is 5.89. The average molecular weight is 689 g/mol. The highest BCUT2D eigenvalue weighted by Gasteiger charge is 2.45. The SMILES string of the molecule is CCCCCC=CCC=CCCCCCCCC(=O)O[C@H]1[C@@H]([C@@H](CO)OC(=O)CCCCCCCC=CCC=CCCCCC)OC[C@@H]1O. The molecule has 2 N–H and O–H groups in total. The molecule has 282 valence electrons. The number of carbonyl (C=O) groups is 2. The van der Waals surface area contributed by atoms with E-state index in [2.05, 4.69) is 62.5 Å². The first kappa shape index (κ1) is 44.8. The highest BCUT2D eigenvalue weighted by atomic mass is 16.6. The van der Waals surface area contributed by atoms with Gasteiger partial charge in [0.15, 0.2) is 12.2 Å². The average Bonchev–Trinajstić information content (AvgIpc) is 3.45. The fourth-order valence-corrected chi connectivity index (χ4v) is 5.89. The van der Waals surface area contributed by atoms with Crippen LogP contribution in [0.15, 0.2) is 48.6 Å². The molecule has 0 aromatic rings. The van der Waals surface area contributed by atoms with E-state index in [9.17, 15) is 19.8 Å². The maximum absolute atomic E-state index is 12.5. The van der Waals surface area contributed by atoms with E-state index in [1.54, 1.807) is 0 Å². The summed E-state index contributed by atoms with van der Waals surface area (Å²) in [7, 11) is 0. The molecular weight excluding hydrogens is 616 g/mol. The van der Waals surface area contributed by atoms with Gasteiger partial charge in [0.25, 0.3) is 0 Å². The number of carbonyl (C=O) groups excluding carboxylic acids is 2. The Labute approximate surface area is 299 Å². The number of ether oxygens (including phenoxy) is 3. The number of hydrogen-bond acceptors (Lipinski definition) is 7. The summed E-state index contributed by atoms with van der Waals surface area (Å²) in [4.78, 5) is 25.0. The van der Waals surface area contributed by atoms with Gasteiger partial charge in [-0.3, -0.25) is 9.59 Å². The van der Waals surface area contributed by atoms with Crippen molar-refractivity contribution >= 4 is 11.9 Å². The maximum atomic E-state index is 12.5. The minimum absolute atomic E-state index is 0.0364. The summed E-state index contributed by atoms with van der Waals surface area (Å²) in [6, 6.07) is 0. The minimum atomic E-state index is -1.02. The predicted molar refractivity (Wildman–Crippen MR) is 201 cm³/mol. The van der Waals surface area contributed by atoms with Crippen LogP contribution < -0.4 is 0 Å². The molecule has 1 heterocycles. The molecule has 0 amide bonds. The highest BCUT2D eigenvalue weighted by molar-refractivity contribution is 5.70. The maximum Gasteiger partial charge on any atom is 0.306 e.